The van der Waals surface area contributed by atoms with Crippen LogP contribution < -0.4 is 0 Å². The van der Waals surface area contributed by atoms with E-state index in [1.165, 1.54) is 0 Å². The third-order valence-electron chi connectivity index (χ3n) is 3.94. The smallest absolute Gasteiger partial charge is 0.366 e. The minimum Gasteiger partial charge on any atom is -0.366 e. The molecule has 0 aromatic rings. The first kappa shape index (κ1) is 15.1. The van der Waals surface area contributed by atoms with E-state index in [-0.39, 0.29) is 24.0 Å². The van der Waals surface area contributed by atoms with Crippen LogP contribution in [0.3, 0.4) is 0 Å². The Morgan fingerprint density at radius 3 is 2.32 bits per heavy atom. The fraction of sp³-hybridized carbons (Fsp3) is 1.00. The fourth-order valence-corrected chi connectivity index (χ4v) is 3.21. The van der Waals surface area contributed by atoms with E-state index < -0.39 is 12.3 Å². The topological polar surface area (TPSA) is 12.5 Å². The van der Waals surface area contributed by atoms with Gasteiger partial charge in [-0.2, -0.15) is 13.2 Å². The Labute approximate surface area is 113 Å². The number of halogens is 3. The summed E-state index contributed by atoms with van der Waals surface area (Å²) in [7, 11) is 0. The quantitative estimate of drug-likeness (QED) is 0.784. The van der Waals surface area contributed by atoms with Crippen molar-refractivity contribution >= 4 is 0 Å². The first-order valence-electron chi connectivity index (χ1n) is 7.00. The summed E-state index contributed by atoms with van der Waals surface area (Å²) in [5.41, 5.74) is 0.498. The van der Waals surface area contributed by atoms with Crippen molar-refractivity contribution < 1.29 is 17.9 Å². The van der Waals surface area contributed by atoms with Crippen molar-refractivity contribution in [1.82, 2.24) is 4.90 Å². The van der Waals surface area contributed by atoms with Gasteiger partial charge in [-0.3, -0.25) is 4.90 Å². The highest BCUT2D eigenvalue weighted by Gasteiger charge is 2.49. The molecule has 0 bridgehead atoms. The highest BCUT2D eigenvalue weighted by molar-refractivity contribution is 4.98. The predicted octanol–water partition coefficient (Wildman–Crippen LogP) is 3.47. The van der Waals surface area contributed by atoms with Crippen molar-refractivity contribution in [2.24, 2.45) is 10.8 Å². The SMILES string of the molecule is CC(C)(C)CC1(CN2CCO[C@H](C(F)(F)F)C2)CC1. The predicted molar refractivity (Wildman–Crippen MR) is 68.0 cm³/mol. The van der Waals surface area contributed by atoms with Crippen molar-refractivity contribution in [3.8, 4) is 0 Å². The summed E-state index contributed by atoms with van der Waals surface area (Å²) in [4.78, 5) is 1.94. The Balaban J connectivity index is 1.89. The van der Waals surface area contributed by atoms with Gasteiger partial charge in [-0.05, 0) is 30.1 Å². The van der Waals surface area contributed by atoms with Crippen LogP contribution in [-0.2, 0) is 4.74 Å². The molecule has 0 radical (unpaired) electrons. The second-order valence-electron chi connectivity index (χ2n) is 7.37. The lowest BCUT2D eigenvalue weighted by Gasteiger charge is -2.37. The van der Waals surface area contributed by atoms with Gasteiger partial charge in [0, 0.05) is 19.6 Å². The maximum Gasteiger partial charge on any atom is 0.415 e. The van der Waals surface area contributed by atoms with E-state index in [0.717, 1.165) is 25.8 Å². The number of ether oxygens (including phenoxy) is 1. The molecule has 0 aromatic heterocycles. The number of rotatable bonds is 3. The molecule has 2 nitrogen and oxygen atoms in total. The number of hydrogen-bond donors (Lipinski definition) is 0. The van der Waals surface area contributed by atoms with Crippen LogP contribution in [0.15, 0.2) is 0 Å². The van der Waals surface area contributed by atoms with Crippen LogP contribution in [0.5, 0.6) is 0 Å². The summed E-state index contributed by atoms with van der Waals surface area (Å²) in [6.45, 7) is 8.20. The Bertz CT molecular complexity index is 318. The molecule has 2 aliphatic rings. The van der Waals surface area contributed by atoms with Crippen LogP contribution in [0.25, 0.3) is 0 Å². The van der Waals surface area contributed by atoms with Gasteiger partial charge in [0.2, 0.25) is 0 Å². The van der Waals surface area contributed by atoms with E-state index in [1.54, 1.807) is 0 Å². The molecule has 0 aromatic carbocycles. The highest BCUT2D eigenvalue weighted by Crippen LogP contribution is 2.53. The molecule has 19 heavy (non-hydrogen) atoms. The van der Waals surface area contributed by atoms with Gasteiger partial charge in [-0.1, -0.05) is 20.8 Å². The lowest BCUT2D eigenvalue weighted by atomic mass is 9.82. The first-order chi connectivity index (χ1) is 8.60. The lowest BCUT2D eigenvalue weighted by molar-refractivity contribution is -0.238. The van der Waals surface area contributed by atoms with Gasteiger partial charge in [-0.15, -0.1) is 0 Å². The first-order valence-corrected chi connectivity index (χ1v) is 7.00. The second kappa shape index (κ2) is 4.92. The minimum atomic E-state index is -4.24. The van der Waals surface area contributed by atoms with Crippen LogP contribution in [0, 0.1) is 10.8 Å². The molecule has 0 spiro atoms. The second-order valence-corrected chi connectivity index (χ2v) is 7.37. The molecule has 5 heteroatoms. The van der Waals surface area contributed by atoms with Gasteiger partial charge in [-0.25, -0.2) is 0 Å². The Kier molecular flexibility index (Phi) is 3.91. The van der Waals surface area contributed by atoms with E-state index in [1.807, 2.05) is 4.90 Å². The average molecular weight is 279 g/mol. The van der Waals surface area contributed by atoms with Crippen LogP contribution in [0.2, 0.25) is 0 Å². The standard InChI is InChI=1S/C14H24F3NO/c1-12(2,3)9-13(4-5-13)10-18-6-7-19-11(8-18)14(15,16)17/h11H,4-10H2,1-3H3/t11-/m0/s1. The van der Waals surface area contributed by atoms with Crippen LogP contribution in [0.4, 0.5) is 13.2 Å². The molecule has 0 unspecified atom stereocenters. The van der Waals surface area contributed by atoms with Crippen molar-refractivity contribution in [1.29, 1.82) is 0 Å². The molecule has 0 N–H and O–H groups in total. The summed E-state index contributed by atoms with van der Waals surface area (Å²) in [6.07, 6.45) is -2.45. The number of nitrogens with zero attached hydrogens (tertiary/aromatic N) is 1. The molecule has 2 fully saturated rings. The van der Waals surface area contributed by atoms with E-state index in [4.69, 9.17) is 4.74 Å². The van der Waals surface area contributed by atoms with E-state index >= 15 is 0 Å². The molecular formula is C14H24F3NO. The lowest BCUT2D eigenvalue weighted by Crippen LogP contribution is -2.50. The molecule has 1 saturated heterocycles. The van der Waals surface area contributed by atoms with E-state index in [9.17, 15) is 13.2 Å². The van der Waals surface area contributed by atoms with Gasteiger partial charge in [0.15, 0.2) is 6.10 Å². The Morgan fingerprint density at radius 1 is 1.21 bits per heavy atom. The average Bonchev–Trinajstić information content (AvgIpc) is 2.93. The van der Waals surface area contributed by atoms with E-state index in [0.29, 0.717) is 6.54 Å². The van der Waals surface area contributed by atoms with Gasteiger partial charge in [0.25, 0.3) is 0 Å². The molecule has 1 saturated carbocycles. The highest BCUT2D eigenvalue weighted by atomic mass is 19.4. The van der Waals surface area contributed by atoms with Crippen LogP contribution >= 0.6 is 0 Å². The Morgan fingerprint density at radius 2 is 1.84 bits per heavy atom. The molecule has 1 heterocycles. The zero-order valence-electron chi connectivity index (χ0n) is 12.0. The molecule has 2 rings (SSSR count). The number of alkyl halides is 3. The van der Waals surface area contributed by atoms with Gasteiger partial charge < -0.3 is 4.74 Å². The van der Waals surface area contributed by atoms with Crippen molar-refractivity contribution in [3.05, 3.63) is 0 Å². The summed E-state index contributed by atoms with van der Waals surface area (Å²) in [5, 5.41) is 0. The molecule has 112 valence electrons. The zero-order valence-corrected chi connectivity index (χ0v) is 12.0. The summed E-state index contributed by atoms with van der Waals surface area (Å²) >= 11 is 0. The molecule has 1 aliphatic heterocycles. The summed E-state index contributed by atoms with van der Waals surface area (Å²) < 4.78 is 42.9. The third kappa shape index (κ3) is 4.35. The van der Waals surface area contributed by atoms with Crippen molar-refractivity contribution in [3.63, 3.8) is 0 Å². The normalized spacial score (nSPS) is 28.4. The van der Waals surface area contributed by atoms with Gasteiger partial charge >= 0.3 is 6.18 Å². The van der Waals surface area contributed by atoms with Crippen molar-refractivity contribution in [2.75, 3.05) is 26.2 Å². The maximum atomic E-state index is 12.7. The van der Waals surface area contributed by atoms with Crippen molar-refractivity contribution in [2.45, 2.75) is 52.3 Å². The molecule has 1 aliphatic carbocycles. The Hall–Kier alpha value is -0.290. The molecule has 1 atom stereocenters. The zero-order chi connectivity index (χ0) is 14.3. The molecule has 0 amide bonds. The molecular weight excluding hydrogens is 255 g/mol. The van der Waals surface area contributed by atoms with Gasteiger partial charge in [0.05, 0.1) is 6.61 Å². The maximum absolute atomic E-state index is 12.7. The summed E-state index contributed by atoms with van der Waals surface area (Å²) in [5.74, 6) is 0. The third-order valence-corrected chi connectivity index (χ3v) is 3.94. The number of morpholine rings is 1. The monoisotopic (exact) mass is 279 g/mol. The largest absolute Gasteiger partial charge is 0.415 e. The minimum absolute atomic E-state index is 0.00457. The van der Waals surface area contributed by atoms with Gasteiger partial charge in [0.1, 0.15) is 0 Å². The van der Waals surface area contributed by atoms with Crippen LogP contribution in [0.1, 0.15) is 40.0 Å². The summed E-state index contributed by atoms with van der Waals surface area (Å²) in [6, 6.07) is 0. The fourth-order valence-electron chi connectivity index (χ4n) is 3.21. The number of hydrogen-bond acceptors (Lipinski definition) is 2. The van der Waals surface area contributed by atoms with E-state index in [2.05, 4.69) is 20.8 Å². The van der Waals surface area contributed by atoms with Crippen LogP contribution in [-0.4, -0.2) is 43.4 Å².